The molecule has 1 aromatic heterocycles. The summed E-state index contributed by atoms with van der Waals surface area (Å²) < 4.78 is 6.07. The van der Waals surface area contributed by atoms with E-state index in [0.717, 1.165) is 10.2 Å². The Labute approximate surface area is 124 Å². The van der Waals surface area contributed by atoms with Gasteiger partial charge in [-0.25, -0.2) is 14.6 Å². The van der Waals surface area contributed by atoms with Crippen molar-refractivity contribution in [3.05, 3.63) is 24.3 Å². The lowest BCUT2D eigenvalue weighted by atomic mass is 10.3. The van der Waals surface area contributed by atoms with E-state index >= 15 is 0 Å². The molecule has 1 atom stereocenters. The third-order valence-corrected chi connectivity index (χ3v) is 4.09. The maximum absolute atomic E-state index is 12.1. The maximum Gasteiger partial charge on any atom is 0.334 e. The Kier molecular flexibility index (Phi) is 3.72. The molecule has 0 aliphatic carbocycles. The fourth-order valence-electron chi connectivity index (χ4n) is 2.08. The van der Waals surface area contributed by atoms with E-state index in [1.165, 1.54) is 16.2 Å². The first-order chi connectivity index (χ1) is 10.1. The van der Waals surface area contributed by atoms with E-state index in [1.807, 2.05) is 24.3 Å². The third kappa shape index (κ3) is 2.96. The number of hydrogen-bond acceptors (Lipinski definition) is 5. The molecule has 2 heterocycles. The summed E-state index contributed by atoms with van der Waals surface area (Å²) in [4.78, 5) is 28.8. The van der Waals surface area contributed by atoms with Gasteiger partial charge >= 0.3 is 12.0 Å². The monoisotopic (exact) mass is 307 g/mol. The second kappa shape index (κ2) is 5.66. The predicted molar refractivity (Wildman–Crippen MR) is 77.6 cm³/mol. The number of aromatic nitrogens is 1. The average molecular weight is 307 g/mol. The minimum Gasteiger partial charge on any atom is -0.479 e. The SMILES string of the molecule is O=C(O)C1CN(C(=O)Nc2nc3ccccc3s2)CCO1. The van der Waals surface area contributed by atoms with Crippen LogP contribution < -0.4 is 5.32 Å². The van der Waals surface area contributed by atoms with Crippen LogP contribution >= 0.6 is 11.3 Å². The lowest BCUT2D eigenvalue weighted by Gasteiger charge is -2.30. The summed E-state index contributed by atoms with van der Waals surface area (Å²) in [5.41, 5.74) is 0.822. The van der Waals surface area contributed by atoms with Gasteiger partial charge in [-0.2, -0.15) is 0 Å². The molecule has 2 N–H and O–H groups in total. The van der Waals surface area contributed by atoms with E-state index in [-0.39, 0.29) is 19.2 Å². The molecule has 110 valence electrons. The van der Waals surface area contributed by atoms with Crippen molar-refractivity contribution in [3.63, 3.8) is 0 Å². The molecule has 8 heteroatoms. The zero-order chi connectivity index (χ0) is 14.8. The number of benzene rings is 1. The highest BCUT2D eigenvalue weighted by atomic mass is 32.1. The zero-order valence-corrected chi connectivity index (χ0v) is 11.8. The number of nitrogens with one attached hydrogen (secondary N) is 1. The number of amides is 2. The van der Waals surface area contributed by atoms with Gasteiger partial charge in [0.2, 0.25) is 0 Å². The third-order valence-electron chi connectivity index (χ3n) is 3.14. The number of urea groups is 1. The molecule has 1 fully saturated rings. The van der Waals surface area contributed by atoms with Crippen LogP contribution in [0.2, 0.25) is 0 Å². The number of morpholine rings is 1. The molecule has 2 aromatic rings. The van der Waals surface area contributed by atoms with Gasteiger partial charge in [0, 0.05) is 6.54 Å². The quantitative estimate of drug-likeness (QED) is 0.879. The topological polar surface area (TPSA) is 91.8 Å². The molecular weight excluding hydrogens is 294 g/mol. The molecule has 1 saturated heterocycles. The summed E-state index contributed by atoms with van der Waals surface area (Å²) in [6.07, 6.45) is -0.972. The van der Waals surface area contributed by atoms with Gasteiger partial charge < -0.3 is 14.7 Å². The largest absolute Gasteiger partial charge is 0.479 e. The van der Waals surface area contributed by atoms with Crippen LogP contribution in [0.1, 0.15) is 0 Å². The summed E-state index contributed by atoms with van der Waals surface area (Å²) in [7, 11) is 0. The first kappa shape index (κ1) is 13.8. The van der Waals surface area contributed by atoms with E-state index in [4.69, 9.17) is 9.84 Å². The molecule has 1 aliphatic heterocycles. The smallest absolute Gasteiger partial charge is 0.334 e. The molecule has 1 unspecified atom stereocenters. The van der Waals surface area contributed by atoms with E-state index < -0.39 is 12.1 Å². The summed E-state index contributed by atoms with van der Waals surface area (Å²) >= 11 is 1.38. The predicted octanol–water partition coefficient (Wildman–Crippen LogP) is 1.61. The van der Waals surface area contributed by atoms with Crippen LogP contribution in [0.15, 0.2) is 24.3 Å². The van der Waals surface area contributed by atoms with E-state index in [0.29, 0.717) is 11.7 Å². The fraction of sp³-hybridized carbons (Fsp3) is 0.308. The van der Waals surface area contributed by atoms with Crippen molar-refractivity contribution in [3.8, 4) is 0 Å². The van der Waals surface area contributed by atoms with Crippen LogP contribution in [0.4, 0.5) is 9.93 Å². The lowest BCUT2D eigenvalue weighted by Crippen LogP contribution is -2.49. The summed E-state index contributed by atoms with van der Waals surface area (Å²) in [5.74, 6) is -1.06. The Morgan fingerprint density at radius 2 is 2.24 bits per heavy atom. The first-order valence-electron chi connectivity index (χ1n) is 6.39. The number of anilines is 1. The number of nitrogens with zero attached hydrogens (tertiary/aromatic N) is 2. The van der Waals surface area contributed by atoms with Crippen LogP contribution in [-0.2, 0) is 9.53 Å². The van der Waals surface area contributed by atoms with Crippen molar-refractivity contribution in [2.24, 2.45) is 0 Å². The Balaban J connectivity index is 1.69. The Bertz CT molecular complexity index is 654. The van der Waals surface area contributed by atoms with Crippen molar-refractivity contribution in [1.82, 2.24) is 9.88 Å². The van der Waals surface area contributed by atoms with Gasteiger partial charge in [0.05, 0.1) is 23.4 Å². The van der Waals surface area contributed by atoms with Gasteiger partial charge in [0.15, 0.2) is 11.2 Å². The highest BCUT2D eigenvalue weighted by Gasteiger charge is 2.29. The average Bonchev–Trinajstić information content (AvgIpc) is 2.89. The van der Waals surface area contributed by atoms with E-state index in [9.17, 15) is 9.59 Å². The normalized spacial score (nSPS) is 18.7. The van der Waals surface area contributed by atoms with Gasteiger partial charge in [-0.05, 0) is 12.1 Å². The number of ether oxygens (including phenoxy) is 1. The number of carbonyl (C=O) groups excluding carboxylic acids is 1. The molecule has 21 heavy (non-hydrogen) atoms. The van der Waals surface area contributed by atoms with Crippen molar-refractivity contribution in [1.29, 1.82) is 0 Å². The van der Waals surface area contributed by atoms with Crippen LogP contribution in [0, 0.1) is 0 Å². The highest BCUT2D eigenvalue weighted by Crippen LogP contribution is 2.25. The minimum absolute atomic E-state index is 0.0338. The number of rotatable bonds is 2. The summed E-state index contributed by atoms with van der Waals surface area (Å²) in [6, 6.07) is 7.23. The molecule has 0 radical (unpaired) electrons. The summed E-state index contributed by atoms with van der Waals surface area (Å²) in [6.45, 7) is 0.608. The number of carbonyl (C=O) groups is 2. The van der Waals surface area contributed by atoms with E-state index in [2.05, 4.69) is 10.3 Å². The molecule has 0 saturated carbocycles. The molecule has 1 aliphatic rings. The second-order valence-corrected chi connectivity index (χ2v) is 5.59. The molecule has 7 nitrogen and oxygen atoms in total. The van der Waals surface area contributed by atoms with Crippen molar-refractivity contribution >= 4 is 38.7 Å². The van der Waals surface area contributed by atoms with Crippen LogP contribution in [0.3, 0.4) is 0 Å². The first-order valence-corrected chi connectivity index (χ1v) is 7.21. The summed E-state index contributed by atoms with van der Waals surface area (Å²) in [5, 5.41) is 12.1. The van der Waals surface area contributed by atoms with Gasteiger partial charge in [0.1, 0.15) is 0 Å². The number of carboxylic acid groups (broad SMARTS) is 1. The standard InChI is InChI=1S/C13H13N3O4S/c17-11(18)9-7-16(5-6-20-9)13(19)15-12-14-8-3-1-2-4-10(8)21-12/h1-4,9H,5-7H2,(H,17,18)(H,14,15,19). The molecule has 0 bridgehead atoms. The molecule has 1 aromatic carbocycles. The second-order valence-electron chi connectivity index (χ2n) is 4.56. The Morgan fingerprint density at radius 3 is 3.00 bits per heavy atom. The van der Waals surface area contributed by atoms with Crippen molar-refractivity contribution in [2.45, 2.75) is 6.10 Å². The zero-order valence-electron chi connectivity index (χ0n) is 11.0. The van der Waals surface area contributed by atoms with Crippen LogP contribution in [0.25, 0.3) is 10.2 Å². The molecule has 3 rings (SSSR count). The fourth-order valence-corrected chi connectivity index (χ4v) is 2.93. The van der Waals surface area contributed by atoms with Crippen molar-refractivity contribution < 1.29 is 19.4 Å². The number of aliphatic carboxylic acids is 1. The molecular formula is C13H13N3O4S. The van der Waals surface area contributed by atoms with Gasteiger partial charge in [-0.1, -0.05) is 23.5 Å². The van der Waals surface area contributed by atoms with Crippen LogP contribution in [-0.4, -0.2) is 52.8 Å². The molecule has 2 amide bonds. The van der Waals surface area contributed by atoms with Crippen LogP contribution in [0.5, 0.6) is 0 Å². The Morgan fingerprint density at radius 1 is 1.43 bits per heavy atom. The number of fused-ring (bicyclic) bond motifs is 1. The minimum atomic E-state index is -1.06. The van der Waals surface area contributed by atoms with Gasteiger partial charge in [0.25, 0.3) is 0 Å². The van der Waals surface area contributed by atoms with Gasteiger partial charge in [-0.3, -0.25) is 5.32 Å². The number of para-hydroxylation sites is 1. The highest BCUT2D eigenvalue weighted by molar-refractivity contribution is 7.22. The van der Waals surface area contributed by atoms with E-state index in [1.54, 1.807) is 0 Å². The number of hydrogen-bond donors (Lipinski definition) is 2. The Hall–Kier alpha value is -2.19. The lowest BCUT2D eigenvalue weighted by molar-refractivity contribution is -0.154. The number of carboxylic acids is 1. The van der Waals surface area contributed by atoms with Crippen molar-refractivity contribution in [2.75, 3.05) is 25.0 Å². The molecule has 0 spiro atoms. The van der Waals surface area contributed by atoms with Gasteiger partial charge in [-0.15, -0.1) is 0 Å². The number of thiazole rings is 1. The maximum atomic E-state index is 12.1.